The largest absolute Gasteiger partial charge is 0.366 e. The summed E-state index contributed by atoms with van der Waals surface area (Å²) < 4.78 is 0. The molecular weight excluding hydrogens is 244 g/mol. The SMILES string of the molecule is C=C=C(C(/C=C(\C)NC=C)=C/C(=C)C)N(C)C(C)CC. The zero-order valence-electron chi connectivity index (χ0n) is 13.6. The Bertz CT molecular complexity index is 460. The summed E-state index contributed by atoms with van der Waals surface area (Å²) >= 11 is 0. The van der Waals surface area contributed by atoms with E-state index in [-0.39, 0.29) is 0 Å². The fourth-order valence-corrected chi connectivity index (χ4v) is 1.80. The van der Waals surface area contributed by atoms with Gasteiger partial charge in [0.1, 0.15) is 0 Å². The van der Waals surface area contributed by atoms with E-state index < -0.39 is 0 Å². The summed E-state index contributed by atoms with van der Waals surface area (Å²) in [6.07, 6.45) is 6.83. The Balaban J connectivity index is 5.63. The third kappa shape index (κ3) is 5.81. The summed E-state index contributed by atoms with van der Waals surface area (Å²) in [6.45, 7) is 19.8. The van der Waals surface area contributed by atoms with Crippen LogP contribution in [0.1, 0.15) is 34.1 Å². The molecule has 0 saturated heterocycles. The average molecular weight is 272 g/mol. The summed E-state index contributed by atoms with van der Waals surface area (Å²) in [4.78, 5) is 2.19. The molecule has 110 valence electrons. The standard InChI is InChI=1S/C18H28N2/c1-9-16(7)20(8)18(10-2)17(12-14(4)5)13-15(6)19-11-3/h11-13,16,19H,2-4,9H2,1,5-8H3/b15-13+,17-12+. The van der Waals surface area contributed by atoms with E-state index >= 15 is 0 Å². The highest BCUT2D eigenvalue weighted by molar-refractivity contribution is 5.43. The molecule has 20 heavy (non-hydrogen) atoms. The number of rotatable bonds is 8. The van der Waals surface area contributed by atoms with Gasteiger partial charge in [-0.15, -0.1) is 5.73 Å². The second-order valence-corrected chi connectivity index (χ2v) is 5.02. The van der Waals surface area contributed by atoms with Gasteiger partial charge in [0.15, 0.2) is 0 Å². The van der Waals surface area contributed by atoms with Crippen molar-refractivity contribution in [1.82, 2.24) is 10.2 Å². The van der Waals surface area contributed by atoms with E-state index in [0.29, 0.717) is 6.04 Å². The van der Waals surface area contributed by atoms with Crippen LogP contribution >= 0.6 is 0 Å². The van der Waals surface area contributed by atoms with Crippen molar-refractivity contribution in [3.63, 3.8) is 0 Å². The van der Waals surface area contributed by atoms with Crippen LogP contribution in [0.2, 0.25) is 0 Å². The van der Waals surface area contributed by atoms with Gasteiger partial charge in [0, 0.05) is 24.4 Å². The molecule has 0 aromatic carbocycles. The summed E-state index contributed by atoms with van der Waals surface area (Å²) in [5, 5.41) is 3.08. The minimum Gasteiger partial charge on any atom is -0.366 e. The van der Waals surface area contributed by atoms with Gasteiger partial charge < -0.3 is 10.2 Å². The van der Waals surface area contributed by atoms with Crippen molar-refractivity contribution >= 4 is 0 Å². The van der Waals surface area contributed by atoms with Crippen molar-refractivity contribution in [3.05, 3.63) is 66.4 Å². The molecule has 0 aliphatic rings. The maximum absolute atomic E-state index is 3.96. The number of hydrogen-bond donors (Lipinski definition) is 1. The van der Waals surface area contributed by atoms with Gasteiger partial charge in [0.25, 0.3) is 0 Å². The zero-order valence-corrected chi connectivity index (χ0v) is 13.6. The first kappa shape index (κ1) is 18.1. The van der Waals surface area contributed by atoms with Crippen LogP contribution in [0.3, 0.4) is 0 Å². The van der Waals surface area contributed by atoms with E-state index in [1.807, 2.05) is 19.9 Å². The molecule has 0 bridgehead atoms. The Labute approximate surface area is 124 Å². The maximum atomic E-state index is 3.96. The molecule has 0 aliphatic heterocycles. The van der Waals surface area contributed by atoms with Crippen molar-refractivity contribution < 1.29 is 0 Å². The van der Waals surface area contributed by atoms with Gasteiger partial charge in [0.2, 0.25) is 0 Å². The third-order valence-corrected chi connectivity index (χ3v) is 3.15. The lowest BCUT2D eigenvalue weighted by molar-refractivity contribution is 0.322. The van der Waals surface area contributed by atoms with E-state index in [4.69, 9.17) is 0 Å². The fraction of sp³-hybridized carbons (Fsp3) is 0.389. The molecule has 0 aromatic rings. The van der Waals surface area contributed by atoms with E-state index in [0.717, 1.165) is 29.0 Å². The monoisotopic (exact) mass is 272 g/mol. The van der Waals surface area contributed by atoms with Crippen LogP contribution in [-0.4, -0.2) is 18.0 Å². The minimum absolute atomic E-state index is 0.425. The van der Waals surface area contributed by atoms with E-state index in [1.165, 1.54) is 0 Å². The fourth-order valence-electron chi connectivity index (χ4n) is 1.80. The number of hydrogen-bond acceptors (Lipinski definition) is 2. The second-order valence-electron chi connectivity index (χ2n) is 5.02. The highest BCUT2D eigenvalue weighted by Crippen LogP contribution is 2.20. The normalized spacial score (nSPS) is 13.2. The zero-order chi connectivity index (χ0) is 15.7. The molecular formula is C18H28N2. The highest BCUT2D eigenvalue weighted by atomic mass is 15.1. The second kappa shape index (κ2) is 9.06. The van der Waals surface area contributed by atoms with Gasteiger partial charge in [-0.1, -0.05) is 32.2 Å². The van der Waals surface area contributed by atoms with E-state index in [1.54, 1.807) is 6.20 Å². The number of likely N-dealkylation sites (N-methyl/N-ethyl adjacent to an activating group) is 1. The first-order chi connectivity index (χ1) is 9.37. The summed E-state index contributed by atoms with van der Waals surface area (Å²) in [6, 6.07) is 0.425. The third-order valence-electron chi connectivity index (χ3n) is 3.15. The smallest absolute Gasteiger partial charge is 0.0867 e. The van der Waals surface area contributed by atoms with Crippen molar-refractivity contribution in [2.24, 2.45) is 0 Å². The molecule has 0 saturated carbocycles. The Kier molecular flexibility index (Phi) is 8.19. The van der Waals surface area contributed by atoms with E-state index in [9.17, 15) is 0 Å². The highest BCUT2D eigenvalue weighted by Gasteiger charge is 2.13. The predicted molar refractivity (Wildman–Crippen MR) is 90.2 cm³/mol. The molecule has 0 aromatic heterocycles. The van der Waals surface area contributed by atoms with Crippen LogP contribution in [-0.2, 0) is 0 Å². The minimum atomic E-state index is 0.425. The number of nitrogens with one attached hydrogen (secondary N) is 1. The molecule has 0 fully saturated rings. The van der Waals surface area contributed by atoms with Gasteiger partial charge in [-0.25, -0.2) is 0 Å². The van der Waals surface area contributed by atoms with Crippen LogP contribution in [0.4, 0.5) is 0 Å². The average Bonchev–Trinajstić information content (AvgIpc) is 2.37. The Hall–Kier alpha value is -1.92. The molecule has 0 amide bonds. The van der Waals surface area contributed by atoms with Crippen LogP contribution in [0.15, 0.2) is 66.4 Å². The van der Waals surface area contributed by atoms with Gasteiger partial charge in [-0.2, -0.15) is 0 Å². The summed E-state index contributed by atoms with van der Waals surface area (Å²) in [5.74, 6) is 0. The molecule has 2 nitrogen and oxygen atoms in total. The molecule has 0 spiro atoms. The molecule has 0 heterocycles. The molecule has 0 rings (SSSR count). The Morgan fingerprint density at radius 1 is 1.35 bits per heavy atom. The van der Waals surface area contributed by atoms with Crippen molar-refractivity contribution in [1.29, 1.82) is 0 Å². The summed E-state index contributed by atoms with van der Waals surface area (Å²) in [7, 11) is 2.07. The van der Waals surface area contributed by atoms with Crippen LogP contribution in [0, 0.1) is 0 Å². The molecule has 1 N–H and O–H groups in total. The van der Waals surface area contributed by atoms with Gasteiger partial charge in [-0.3, -0.25) is 0 Å². The number of allylic oxidation sites excluding steroid dienone is 4. The van der Waals surface area contributed by atoms with E-state index in [2.05, 4.69) is 62.7 Å². The van der Waals surface area contributed by atoms with Crippen molar-refractivity contribution in [2.75, 3.05) is 7.05 Å². The topological polar surface area (TPSA) is 15.3 Å². The predicted octanol–water partition coefficient (Wildman–Crippen LogP) is 4.52. The molecule has 2 heteroatoms. The lowest BCUT2D eigenvalue weighted by Gasteiger charge is -2.28. The quantitative estimate of drug-likeness (QED) is 0.516. The molecule has 1 unspecified atom stereocenters. The first-order valence-corrected chi connectivity index (χ1v) is 6.93. The first-order valence-electron chi connectivity index (χ1n) is 6.93. The van der Waals surface area contributed by atoms with Crippen molar-refractivity contribution in [2.45, 2.75) is 40.2 Å². The van der Waals surface area contributed by atoms with Crippen LogP contribution in [0.25, 0.3) is 0 Å². The lowest BCUT2D eigenvalue weighted by Crippen LogP contribution is -2.28. The van der Waals surface area contributed by atoms with Gasteiger partial charge in [-0.05, 0) is 45.5 Å². The molecule has 1 atom stereocenters. The Morgan fingerprint density at radius 3 is 2.35 bits per heavy atom. The van der Waals surface area contributed by atoms with Gasteiger partial charge in [0.05, 0.1) is 5.70 Å². The summed E-state index contributed by atoms with van der Waals surface area (Å²) in [5.41, 5.74) is 7.08. The van der Waals surface area contributed by atoms with Crippen LogP contribution in [0.5, 0.6) is 0 Å². The maximum Gasteiger partial charge on any atom is 0.0867 e. The lowest BCUT2D eigenvalue weighted by atomic mass is 10.1. The van der Waals surface area contributed by atoms with Gasteiger partial charge >= 0.3 is 0 Å². The van der Waals surface area contributed by atoms with Crippen molar-refractivity contribution in [3.8, 4) is 0 Å². The Morgan fingerprint density at radius 2 is 1.95 bits per heavy atom. The molecule has 0 radical (unpaired) electrons. The molecule has 0 aliphatic carbocycles. The number of nitrogens with zero attached hydrogens (tertiary/aromatic N) is 1. The van der Waals surface area contributed by atoms with Crippen LogP contribution < -0.4 is 5.32 Å².